The number of amides is 2. The third-order valence-corrected chi connectivity index (χ3v) is 4.22. The molecular formula is C18H12N6O2. The summed E-state index contributed by atoms with van der Waals surface area (Å²) in [7, 11) is 0. The van der Waals surface area contributed by atoms with Crippen molar-refractivity contribution in [3.8, 4) is 0 Å². The number of hydrogen-bond acceptors (Lipinski definition) is 6. The second-order valence-electron chi connectivity index (χ2n) is 5.89. The van der Waals surface area contributed by atoms with Gasteiger partial charge in [-0.2, -0.15) is 0 Å². The summed E-state index contributed by atoms with van der Waals surface area (Å²) in [6.45, 7) is 0. The molecule has 4 aliphatic heterocycles. The fourth-order valence-corrected chi connectivity index (χ4v) is 2.86. The van der Waals surface area contributed by atoms with Crippen molar-refractivity contribution in [3.05, 3.63) is 72.1 Å². The molecule has 7 rings (SSSR count). The average molecular weight is 344 g/mol. The van der Waals surface area contributed by atoms with Crippen LogP contribution in [0.4, 0.5) is 23.0 Å². The number of nitrogens with one attached hydrogen (secondary N) is 2. The summed E-state index contributed by atoms with van der Waals surface area (Å²) in [5, 5.41) is 2.76. The van der Waals surface area contributed by atoms with E-state index in [2.05, 4.69) is 20.8 Å². The second kappa shape index (κ2) is 5.28. The highest BCUT2D eigenvalue weighted by Gasteiger charge is 2.25. The number of hydrogen-bond donors (Lipinski definition) is 2. The highest BCUT2D eigenvalue weighted by molar-refractivity contribution is 6.10. The smallest absolute Gasteiger partial charge is 0.278 e. The first-order valence-electron chi connectivity index (χ1n) is 7.93. The first-order chi connectivity index (χ1) is 12.7. The van der Waals surface area contributed by atoms with E-state index in [0.29, 0.717) is 22.8 Å². The zero-order valence-corrected chi connectivity index (χ0v) is 13.4. The fraction of sp³-hybridized carbons (Fsp3) is 0. The molecule has 0 unspecified atom stereocenters. The van der Waals surface area contributed by atoms with E-state index in [4.69, 9.17) is 0 Å². The van der Waals surface area contributed by atoms with Crippen LogP contribution in [0.15, 0.2) is 60.9 Å². The fourth-order valence-electron chi connectivity index (χ4n) is 2.86. The topological polar surface area (TPSA) is 90.5 Å². The molecule has 2 N–H and O–H groups in total. The van der Waals surface area contributed by atoms with Gasteiger partial charge >= 0.3 is 0 Å². The molecule has 2 aromatic heterocycles. The quantitative estimate of drug-likeness (QED) is 0.742. The Morgan fingerprint density at radius 1 is 0.654 bits per heavy atom. The number of pyridine rings is 2. The predicted molar refractivity (Wildman–Crippen MR) is 95.8 cm³/mol. The second-order valence-corrected chi connectivity index (χ2v) is 5.89. The zero-order valence-electron chi connectivity index (χ0n) is 13.4. The standard InChI is InChI=1S/C18H12N6O2/c25-17(23-15-7-5-13(21-23)9-19-15)11-1-2-12(4-3-11)18(26)24-16-8-6-14(22-24)10-20-16/h1-10,21-22H. The maximum Gasteiger partial charge on any atom is 0.278 e. The predicted octanol–water partition coefficient (Wildman–Crippen LogP) is 2.45. The lowest BCUT2D eigenvalue weighted by Crippen LogP contribution is -2.40. The van der Waals surface area contributed by atoms with Gasteiger partial charge in [0.25, 0.3) is 11.8 Å². The number of aromatic nitrogens is 2. The van der Waals surface area contributed by atoms with Crippen LogP contribution in [0.5, 0.6) is 0 Å². The number of rotatable bonds is 2. The molecule has 26 heavy (non-hydrogen) atoms. The van der Waals surface area contributed by atoms with Crippen molar-refractivity contribution in [2.24, 2.45) is 0 Å². The summed E-state index contributed by atoms with van der Waals surface area (Å²) in [6.07, 6.45) is 3.32. The van der Waals surface area contributed by atoms with E-state index in [-0.39, 0.29) is 11.8 Å². The minimum atomic E-state index is -0.245. The normalized spacial score (nSPS) is 13.4. The molecule has 0 saturated heterocycles. The van der Waals surface area contributed by atoms with Gasteiger partial charge in [-0.15, -0.1) is 0 Å². The minimum absolute atomic E-state index is 0.245. The van der Waals surface area contributed by atoms with Gasteiger partial charge in [0.15, 0.2) is 11.6 Å². The Kier molecular flexibility index (Phi) is 2.93. The van der Waals surface area contributed by atoms with Crippen molar-refractivity contribution in [2.75, 3.05) is 20.9 Å². The summed E-state index contributed by atoms with van der Waals surface area (Å²) < 4.78 is 0. The number of nitrogens with zero attached hydrogens (tertiary/aromatic N) is 4. The SMILES string of the molecule is O=C(c1ccc(C(=O)N2Nc3ccc2nc3)cc1)N1Nc2ccc1nc2. The number of fused-ring (bicyclic) bond motifs is 6. The van der Waals surface area contributed by atoms with Gasteiger partial charge in [-0.1, -0.05) is 0 Å². The number of carbonyl (C=O) groups excluding carboxylic acids is 2. The van der Waals surface area contributed by atoms with E-state index < -0.39 is 0 Å². The summed E-state index contributed by atoms with van der Waals surface area (Å²) >= 11 is 0. The minimum Gasteiger partial charge on any atom is -0.288 e. The lowest BCUT2D eigenvalue weighted by Gasteiger charge is -2.28. The lowest BCUT2D eigenvalue weighted by atomic mass is 10.1. The van der Waals surface area contributed by atoms with Gasteiger partial charge in [-0.05, 0) is 48.5 Å². The summed E-state index contributed by atoms with van der Waals surface area (Å²) in [4.78, 5) is 33.7. The highest BCUT2D eigenvalue weighted by atomic mass is 16.2. The van der Waals surface area contributed by atoms with Crippen molar-refractivity contribution in [3.63, 3.8) is 0 Å². The molecule has 2 amide bonds. The number of hydrazine groups is 2. The Balaban J connectivity index is 1.37. The van der Waals surface area contributed by atoms with E-state index in [0.717, 1.165) is 11.4 Å². The van der Waals surface area contributed by atoms with Gasteiger partial charge in [0.05, 0.1) is 23.8 Å². The molecule has 0 saturated carbocycles. The molecule has 4 bridgehead atoms. The van der Waals surface area contributed by atoms with Crippen molar-refractivity contribution in [2.45, 2.75) is 0 Å². The first-order valence-corrected chi connectivity index (χ1v) is 7.93. The van der Waals surface area contributed by atoms with Crippen LogP contribution in [0.1, 0.15) is 20.7 Å². The van der Waals surface area contributed by atoms with Crippen LogP contribution >= 0.6 is 0 Å². The molecule has 0 fully saturated rings. The van der Waals surface area contributed by atoms with Crippen LogP contribution in [0, 0.1) is 0 Å². The van der Waals surface area contributed by atoms with Crippen LogP contribution in [-0.4, -0.2) is 21.8 Å². The third-order valence-electron chi connectivity index (χ3n) is 4.22. The van der Waals surface area contributed by atoms with Gasteiger partial charge in [-0.3, -0.25) is 20.4 Å². The monoisotopic (exact) mass is 344 g/mol. The van der Waals surface area contributed by atoms with Crippen molar-refractivity contribution < 1.29 is 9.59 Å². The number of carbonyl (C=O) groups is 2. The Hall–Kier alpha value is -3.94. The van der Waals surface area contributed by atoms with Crippen LogP contribution in [0.2, 0.25) is 0 Å². The highest BCUT2D eigenvalue weighted by Crippen LogP contribution is 2.25. The van der Waals surface area contributed by atoms with E-state index >= 15 is 0 Å². The number of anilines is 4. The molecule has 126 valence electrons. The molecule has 0 aliphatic carbocycles. The Morgan fingerprint density at radius 3 is 1.35 bits per heavy atom. The maximum atomic E-state index is 12.7. The van der Waals surface area contributed by atoms with Crippen molar-refractivity contribution in [1.29, 1.82) is 0 Å². The average Bonchev–Trinajstić information content (AvgIpc) is 2.74. The molecule has 4 aliphatic rings. The molecule has 8 nitrogen and oxygen atoms in total. The van der Waals surface area contributed by atoms with Crippen LogP contribution < -0.4 is 20.9 Å². The van der Waals surface area contributed by atoms with Gasteiger partial charge in [0, 0.05) is 11.1 Å². The zero-order chi connectivity index (χ0) is 17.7. The Bertz CT molecular complexity index is 931. The summed E-state index contributed by atoms with van der Waals surface area (Å²) in [5.74, 6) is 0.559. The molecule has 0 atom stereocenters. The molecule has 8 heteroatoms. The summed E-state index contributed by atoms with van der Waals surface area (Å²) in [5.41, 5.74) is 8.33. The number of benzene rings is 1. The molecular weight excluding hydrogens is 332 g/mol. The lowest BCUT2D eigenvalue weighted by molar-refractivity contribution is 0.0980. The molecule has 0 radical (unpaired) electrons. The van der Waals surface area contributed by atoms with Gasteiger partial charge in [-0.25, -0.2) is 20.0 Å². The Labute approximate surface area is 148 Å². The molecule has 1 aromatic carbocycles. The van der Waals surface area contributed by atoms with E-state index in [1.807, 2.05) is 12.1 Å². The van der Waals surface area contributed by atoms with Crippen molar-refractivity contribution in [1.82, 2.24) is 9.97 Å². The first kappa shape index (κ1) is 14.4. The maximum absolute atomic E-state index is 12.7. The summed E-state index contributed by atoms with van der Waals surface area (Å²) in [6, 6.07) is 13.7. The van der Waals surface area contributed by atoms with Crippen molar-refractivity contribution >= 4 is 34.8 Å². The molecule has 6 heterocycles. The third kappa shape index (κ3) is 2.16. The van der Waals surface area contributed by atoms with E-state index in [1.165, 1.54) is 10.0 Å². The van der Waals surface area contributed by atoms with Gasteiger partial charge in [0.2, 0.25) is 0 Å². The van der Waals surface area contributed by atoms with Crippen LogP contribution in [-0.2, 0) is 0 Å². The van der Waals surface area contributed by atoms with E-state index in [1.54, 1.807) is 48.8 Å². The molecule has 0 spiro atoms. The van der Waals surface area contributed by atoms with Gasteiger partial charge < -0.3 is 0 Å². The van der Waals surface area contributed by atoms with Crippen LogP contribution in [0.3, 0.4) is 0 Å². The van der Waals surface area contributed by atoms with Crippen LogP contribution in [0.25, 0.3) is 0 Å². The Morgan fingerprint density at radius 2 is 1.08 bits per heavy atom. The molecule has 3 aromatic rings. The van der Waals surface area contributed by atoms with Gasteiger partial charge in [0.1, 0.15) is 0 Å². The van der Waals surface area contributed by atoms with E-state index in [9.17, 15) is 9.59 Å². The largest absolute Gasteiger partial charge is 0.288 e.